The zero-order chi connectivity index (χ0) is 16.4. The van der Waals surface area contributed by atoms with Gasteiger partial charge in [0, 0.05) is 24.1 Å². The van der Waals surface area contributed by atoms with Crippen LogP contribution in [-0.4, -0.2) is 17.9 Å². The van der Waals surface area contributed by atoms with Crippen LogP contribution in [0.1, 0.15) is 43.2 Å². The highest BCUT2D eigenvalue weighted by atomic mass is 16.2. The number of benzene rings is 1. The molecule has 0 radical (unpaired) electrons. The van der Waals surface area contributed by atoms with Gasteiger partial charge in [-0.25, -0.2) is 5.43 Å². The first-order chi connectivity index (χ1) is 11.0. The molecule has 5 heteroatoms. The third-order valence-corrected chi connectivity index (χ3v) is 4.96. The van der Waals surface area contributed by atoms with E-state index >= 15 is 0 Å². The number of fused-ring (bicyclic) bond motifs is 1. The van der Waals surface area contributed by atoms with Crippen molar-refractivity contribution >= 4 is 17.5 Å². The molecule has 0 aromatic heterocycles. The largest absolute Gasteiger partial charge is 0.326 e. The fraction of sp³-hybridized carbons (Fsp3) is 0.556. The van der Waals surface area contributed by atoms with Crippen LogP contribution in [-0.2, 0) is 9.59 Å². The molecule has 0 bridgehead atoms. The Morgan fingerprint density at radius 2 is 1.87 bits per heavy atom. The maximum atomic E-state index is 12.4. The van der Waals surface area contributed by atoms with E-state index < -0.39 is 0 Å². The average Bonchev–Trinajstić information content (AvgIpc) is 2.49. The van der Waals surface area contributed by atoms with Crippen molar-refractivity contribution in [1.82, 2.24) is 10.9 Å². The van der Waals surface area contributed by atoms with Gasteiger partial charge in [-0.3, -0.25) is 15.0 Å². The Morgan fingerprint density at radius 1 is 1.17 bits per heavy atom. The van der Waals surface area contributed by atoms with E-state index in [4.69, 9.17) is 0 Å². The van der Waals surface area contributed by atoms with Gasteiger partial charge in [0.15, 0.2) is 0 Å². The highest BCUT2D eigenvalue weighted by molar-refractivity contribution is 5.91. The van der Waals surface area contributed by atoms with Crippen LogP contribution in [0.5, 0.6) is 0 Å². The second-order valence-electron chi connectivity index (χ2n) is 6.92. The van der Waals surface area contributed by atoms with Gasteiger partial charge >= 0.3 is 0 Å². The maximum absolute atomic E-state index is 12.4. The summed E-state index contributed by atoms with van der Waals surface area (Å²) in [6, 6.07) is 6.05. The van der Waals surface area contributed by atoms with E-state index in [9.17, 15) is 9.59 Å². The molecule has 1 aromatic carbocycles. The van der Waals surface area contributed by atoms with Crippen LogP contribution >= 0.6 is 0 Å². The molecule has 5 nitrogen and oxygen atoms in total. The summed E-state index contributed by atoms with van der Waals surface area (Å²) in [5.41, 5.74) is 8.91. The van der Waals surface area contributed by atoms with E-state index in [2.05, 4.69) is 22.2 Å². The first-order valence-corrected chi connectivity index (χ1v) is 8.46. The van der Waals surface area contributed by atoms with Crippen molar-refractivity contribution in [3.8, 4) is 0 Å². The zero-order valence-electron chi connectivity index (χ0n) is 13.8. The van der Waals surface area contributed by atoms with Crippen LogP contribution in [0.4, 0.5) is 5.69 Å². The molecule has 1 aromatic rings. The summed E-state index contributed by atoms with van der Waals surface area (Å²) in [6.07, 6.45) is 4.59. The topological polar surface area (TPSA) is 70.2 Å². The van der Waals surface area contributed by atoms with E-state index in [1.807, 2.05) is 26.0 Å². The van der Waals surface area contributed by atoms with Crippen LogP contribution in [0.2, 0.25) is 0 Å². The van der Waals surface area contributed by atoms with Crippen LogP contribution < -0.4 is 16.2 Å². The van der Waals surface area contributed by atoms with E-state index in [1.54, 1.807) is 0 Å². The van der Waals surface area contributed by atoms with E-state index in [-0.39, 0.29) is 29.7 Å². The van der Waals surface area contributed by atoms with Crippen molar-refractivity contribution in [2.75, 3.05) is 5.32 Å². The van der Waals surface area contributed by atoms with Crippen molar-refractivity contribution in [2.24, 2.45) is 11.8 Å². The standard InChI is InChI=1S/C18H25N3O2/c1-11-7-12(2)9-13(8-11)19-17(22)10-16-14-5-3-4-6-15(14)18(23)21-20-16/h7-9,14-16,20H,3-6,10H2,1-2H3,(H,19,22)(H,21,23). The molecular weight excluding hydrogens is 290 g/mol. The molecule has 3 rings (SSSR count). The fourth-order valence-corrected chi connectivity index (χ4v) is 3.99. The minimum Gasteiger partial charge on any atom is -0.326 e. The fourth-order valence-electron chi connectivity index (χ4n) is 3.99. The number of hydrogen-bond acceptors (Lipinski definition) is 3. The molecule has 0 spiro atoms. The first-order valence-electron chi connectivity index (χ1n) is 8.46. The third-order valence-electron chi connectivity index (χ3n) is 4.96. The molecule has 23 heavy (non-hydrogen) atoms. The predicted molar refractivity (Wildman–Crippen MR) is 89.7 cm³/mol. The van der Waals surface area contributed by atoms with Crippen molar-refractivity contribution in [3.05, 3.63) is 29.3 Å². The summed E-state index contributed by atoms with van der Waals surface area (Å²) in [5.74, 6) is 0.403. The van der Waals surface area contributed by atoms with Gasteiger partial charge in [-0.15, -0.1) is 0 Å². The first kappa shape index (κ1) is 16.0. The molecule has 2 fully saturated rings. The van der Waals surface area contributed by atoms with E-state index in [0.717, 1.165) is 42.5 Å². The normalized spacial score (nSPS) is 27.0. The molecule has 1 heterocycles. The third kappa shape index (κ3) is 3.72. The Balaban J connectivity index is 1.63. The van der Waals surface area contributed by atoms with Crippen LogP contribution in [0.3, 0.4) is 0 Å². The molecule has 3 unspecified atom stereocenters. The van der Waals surface area contributed by atoms with Gasteiger partial charge in [0.25, 0.3) is 0 Å². The Hall–Kier alpha value is -1.88. The molecule has 3 N–H and O–H groups in total. The number of aryl methyl sites for hydroxylation is 2. The molecule has 3 atom stereocenters. The monoisotopic (exact) mass is 315 g/mol. The molecule has 1 saturated carbocycles. The Bertz CT molecular complexity index is 594. The van der Waals surface area contributed by atoms with Crippen LogP contribution in [0.15, 0.2) is 18.2 Å². The Kier molecular flexibility index (Phi) is 4.66. The number of nitrogens with one attached hydrogen (secondary N) is 3. The zero-order valence-corrected chi connectivity index (χ0v) is 13.8. The predicted octanol–water partition coefficient (Wildman–Crippen LogP) is 2.44. The van der Waals surface area contributed by atoms with Gasteiger partial charge in [-0.1, -0.05) is 18.9 Å². The van der Waals surface area contributed by atoms with Gasteiger partial charge in [0.1, 0.15) is 0 Å². The number of amides is 2. The number of rotatable bonds is 3. The Labute approximate surface area is 137 Å². The second kappa shape index (κ2) is 6.71. The number of hydrazine groups is 1. The lowest BCUT2D eigenvalue weighted by Gasteiger charge is -2.40. The minimum atomic E-state index is -0.00651. The number of hydrogen-bond donors (Lipinski definition) is 3. The van der Waals surface area contributed by atoms with Crippen LogP contribution in [0, 0.1) is 25.7 Å². The summed E-state index contributed by atoms with van der Waals surface area (Å²) < 4.78 is 0. The minimum absolute atomic E-state index is 0.00651. The molecule has 2 amide bonds. The second-order valence-corrected chi connectivity index (χ2v) is 6.92. The van der Waals surface area contributed by atoms with Crippen molar-refractivity contribution in [1.29, 1.82) is 0 Å². The van der Waals surface area contributed by atoms with E-state index in [0.29, 0.717) is 6.42 Å². The lowest BCUT2D eigenvalue weighted by molar-refractivity contribution is -0.134. The lowest BCUT2D eigenvalue weighted by Crippen LogP contribution is -2.60. The molecule has 1 aliphatic carbocycles. The molecule has 1 aliphatic heterocycles. The summed E-state index contributed by atoms with van der Waals surface area (Å²) in [7, 11) is 0. The molecule has 124 valence electrons. The van der Waals surface area contributed by atoms with Crippen molar-refractivity contribution in [3.63, 3.8) is 0 Å². The summed E-state index contributed by atoms with van der Waals surface area (Å²) in [6.45, 7) is 4.04. The maximum Gasteiger partial charge on any atom is 0.237 e. The van der Waals surface area contributed by atoms with Crippen molar-refractivity contribution in [2.45, 2.75) is 52.0 Å². The molecule has 2 aliphatic rings. The van der Waals surface area contributed by atoms with E-state index in [1.165, 1.54) is 0 Å². The van der Waals surface area contributed by atoms with Gasteiger partial charge < -0.3 is 5.32 Å². The number of carbonyl (C=O) groups excluding carboxylic acids is 2. The average molecular weight is 315 g/mol. The highest BCUT2D eigenvalue weighted by Gasteiger charge is 2.40. The smallest absolute Gasteiger partial charge is 0.237 e. The van der Waals surface area contributed by atoms with Gasteiger partial charge in [0.05, 0.1) is 0 Å². The lowest BCUT2D eigenvalue weighted by atomic mass is 9.73. The van der Waals surface area contributed by atoms with Gasteiger partial charge in [-0.2, -0.15) is 0 Å². The number of anilines is 1. The SMILES string of the molecule is Cc1cc(C)cc(NC(=O)CC2NNC(=O)C3CCCCC23)c1. The van der Waals surface area contributed by atoms with Gasteiger partial charge in [0.2, 0.25) is 11.8 Å². The summed E-state index contributed by atoms with van der Waals surface area (Å²) in [4.78, 5) is 24.3. The quantitative estimate of drug-likeness (QED) is 0.802. The number of carbonyl (C=O) groups is 2. The summed E-state index contributed by atoms with van der Waals surface area (Å²) >= 11 is 0. The summed E-state index contributed by atoms with van der Waals surface area (Å²) in [5, 5.41) is 2.99. The molecular formula is C18H25N3O2. The molecule has 1 saturated heterocycles. The highest BCUT2D eigenvalue weighted by Crippen LogP contribution is 2.35. The Morgan fingerprint density at radius 3 is 2.61 bits per heavy atom. The van der Waals surface area contributed by atoms with Gasteiger partial charge in [-0.05, 0) is 55.9 Å². The van der Waals surface area contributed by atoms with Crippen LogP contribution in [0.25, 0.3) is 0 Å². The van der Waals surface area contributed by atoms with Crippen molar-refractivity contribution < 1.29 is 9.59 Å².